The Labute approximate surface area is 179 Å². The molecule has 3 N–H and O–H groups in total. The number of nitrogens with zero attached hydrogens (tertiary/aromatic N) is 4. The van der Waals surface area contributed by atoms with Crippen molar-refractivity contribution >= 4 is 42.5 Å². The van der Waals surface area contributed by atoms with Crippen LogP contribution in [0.25, 0.3) is 0 Å². The molecule has 1 amide bonds. The number of hydrogen-bond acceptors (Lipinski definition) is 6. The van der Waals surface area contributed by atoms with Crippen LogP contribution in [0.1, 0.15) is 38.3 Å². The fourth-order valence-electron chi connectivity index (χ4n) is 4.40. The van der Waals surface area contributed by atoms with Gasteiger partial charge in [0.05, 0.1) is 6.54 Å². The van der Waals surface area contributed by atoms with Gasteiger partial charge in [0.1, 0.15) is 5.82 Å². The summed E-state index contributed by atoms with van der Waals surface area (Å²) in [7, 11) is 0. The molecule has 2 atom stereocenters. The molecule has 0 aromatic carbocycles. The van der Waals surface area contributed by atoms with E-state index in [0.29, 0.717) is 18.5 Å². The first-order chi connectivity index (χ1) is 12.6. The van der Waals surface area contributed by atoms with Gasteiger partial charge in [-0.25, -0.2) is 4.98 Å². The number of likely N-dealkylation sites (tertiary alicyclic amines) is 1. The third kappa shape index (κ3) is 5.39. The van der Waals surface area contributed by atoms with Crippen molar-refractivity contribution in [3.8, 4) is 0 Å². The van der Waals surface area contributed by atoms with E-state index < -0.39 is 0 Å². The number of amides is 1. The maximum atomic E-state index is 11.3. The summed E-state index contributed by atoms with van der Waals surface area (Å²) in [5.74, 6) is 2.89. The van der Waals surface area contributed by atoms with Crippen molar-refractivity contribution in [2.75, 3.05) is 42.9 Å². The average molecular weight is 431 g/mol. The first-order valence-electron chi connectivity index (χ1n) is 10.0. The van der Waals surface area contributed by atoms with E-state index in [0.717, 1.165) is 56.0 Å². The van der Waals surface area contributed by atoms with E-state index in [9.17, 15) is 4.79 Å². The van der Waals surface area contributed by atoms with Gasteiger partial charge < -0.3 is 16.0 Å². The van der Waals surface area contributed by atoms with Crippen molar-refractivity contribution in [3.63, 3.8) is 0 Å². The summed E-state index contributed by atoms with van der Waals surface area (Å²) in [5.41, 5.74) is 6.49. The standard InChI is InChI=1S/C19H30N6O.2ClH/c1-2-14-9-18(23-19(21-14)25-7-3-4-8-25)22-16-11-24(12-17(20)26)10-15(16)13-5-6-13;;/h9,13,15-16H,2-8,10-12H2,1H3,(H2,20,26)(H,21,22,23);2*1H/t15-,16+;;/m1../s1. The van der Waals surface area contributed by atoms with Crippen LogP contribution < -0.4 is 16.0 Å². The molecule has 0 spiro atoms. The smallest absolute Gasteiger partial charge is 0.231 e. The van der Waals surface area contributed by atoms with Gasteiger partial charge in [0.25, 0.3) is 0 Å². The Kier molecular flexibility index (Phi) is 8.16. The highest BCUT2D eigenvalue weighted by Crippen LogP contribution is 2.42. The van der Waals surface area contributed by atoms with E-state index in [1.54, 1.807) is 0 Å². The average Bonchev–Trinajstić information content (AvgIpc) is 3.15. The largest absolute Gasteiger partial charge is 0.369 e. The maximum Gasteiger partial charge on any atom is 0.231 e. The zero-order valence-corrected chi connectivity index (χ0v) is 18.1. The van der Waals surface area contributed by atoms with E-state index in [-0.39, 0.29) is 30.7 Å². The first-order valence-corrected chi connectivity index (χ1v) is 10.0. The van der Waals surface area contributed by atoms with Crippen LogP contribution in [0.3, 0.4) is 0 Å². The summed E-state index contributed by atoms with van der Waals surface area (Å²) in [5, 5.41) is 3.68. The van der Waals surface area contributed by atoms with Gasteiger partial charge in [-0.15, -0.1) is 24.8 Å². The van der Waals surface area contributed by atoms with Gasteiger partial charge in [-0.05, 0) is 43.9 Å². The molecular formula is C19H32Cl2N6O. The van der Waals surface area contributed by atoms with Gasteiger partial charge in [0.2, 0.25) is 11.9 Å². The molecule has 0 radical (unpaired) electrons. The summed E-state index contributed by atoms with van der Waals surface area (Å²) in [6.07, 6.45) is 5.95. The lowest BCUT2D eigenvalue weighted by atomic mass is 9.98. The molecule has 158 valence electrons. The van der Waals surface area contributed by atoms with Crippen molar-refractivity contribution in [1.82, 2.24) is 14.9 Å². The first kappa shape index (κ1) is 23.0. The Balaban J connectivity index is 0.00000140. The van der Waals surface area contributed by atoms with Crippen molar-refractivity contribution in [3.05, 3.63) is 11.8 Å². The van der Waals surface area contributed by atoms with Crippen LogP contribution >= 0.6 is 24.8 Å². The Morgan fingerprint density at radius 1 is 1.21 bits per heavy atom. The molecule has 1 aromatic rings. The van der Waals surface area contributed by atoms with E-state index in [1.165, 1.54) is 25.7 Å². The highest BCUT2D eigenvalue weighted by atomic mass is 35.5. The highest BCUT2D eigenvalue weighted by molar-refractivity contribution is 5.85. The number of carbonyl (C=O) groups excluding carboxylic acids is 1. The van der Waals surface area contributed by atoms with E-state index in [4.69, 9.17) is 15.7 Å². The highest BCUT2D eigenvalue weighted by Gasteiger charge is 2.42. The number of aromatic nitrogens is 2. The minimum Gasteiger partial charge on any atom is -0.369 e. The van der Waals surface area contributed by atoms with Crippen LogP contribution in [-0.2, 0) is 11.2 Å². The van der Waals surface area contributed by atoms with E-state index in [2.05, 4.69) is 28.1 Å². The summed E-state index contributed by atoms with van der Waals surface area (Å²) in [4.78, 5) is 25.3. The van der Waals surface area contributed by atoms with Crippen molar-refractivity contribution < 1.29 is 4.79 Å². The number of carbonyl (C=O) groups is 1. The lowest BCUT2D eigenvalue weighted by molar-refractivity contribution is -0.118. The van der Waals surface area contributed by atoms with Crippen molar-refractivity contribution in [2.45, 2.75) is 45.1 Å². The Morgan fingerprint density at radius 3 is 2.54 bits per heavy atom. The van der Waals surface area contributed by atoms with Gasteiger partial charge >= 0.3 is 0 Å². The third-order valence-corrected chi connectivity index (χ3v) is 5.90. The molecule has 2 aliphatic heterocycles. The van der Waals surface area contributed by atoms with Crippen LogP contribution in [0, 0.1) is 11.8 Å². The molecule has 1 saturated carbocycles. The topological polar surface area (TPSA) is 87.4 Å². The van der Waals surface area contributed by atoms with Gasteiger partial charge in [-0.2, -0.15) is 4.98 Å². The van der Waals surface area contributed by atoms with Crippen LogP contribution in [-0.4, -0.2) is 59.5 Å². The lowest BCUT2D eigenvalue weighted by Gasteiger charge is -2.22. The van der Waals surface area contributed by atoms with Crippen molar-refractivity contribution in [2.24, 2.45) is 17.6 Å². The van der Waals surface area contributed by atoms with Gasteiger partial charge in [-0.1, -0.05) is 6.92 Å². The summed E-state index contributed by atoms with van der Waals surface area (Å²) >= 11 is 0. The Morgan fingerprint density at radius 2 is 1.93 bits per heavy atom. The Hall–Kier alpha value is -1.31. The zero-order chi connectivity index (χ0) is 18.1. The number of rotatable bonds is 7. The monoisotopic (exact) mass is 430 g/mol. The summed E-state index contributed by atoms with van der Waals surface area (Å²) in [6.45, 7) is 6.40. The minimum absolute atomic E-state index is 0. The summed E-state index contributed by atoms with van der Waals surface area (Å²) in [6, 6.07) is 2.41. The summed E-state index contributed by atoms with van der Waals surface area (Å²) < 4.78 is 0. The molecule has 28 heavy (non-hydrogen) atoms. The van der Waals surface area contributed by atoms with E-state index >= 15 is 0 Å². The van der Waals surface area contributed by atoms with Gasteiger partial charge in [-0.3, -0.25) is 9.69 Å². The molecular weight excluding hydrogens is 399 g/mol. The predicted octanol–water partition coefficient (Wildman–Crippen LogP) is 2.09. The number of anilines is 2. The number of nitrogens with one attached hydrogen (secondary N) is 1. The van der Waals surface area contributed by atoms with E-state index in [1.807, 2.05) is 0 Å². The van der Waals surface area contributed by atoms with Gasteiger partial charge in [0, 0.05) is 44.0 Å². The molecule has 4 rings (SSSR count). The second-order valence-corrected chi connectivity index (χ2v) is 8.00. The second kappa shape index (κ2) is 9.94. The lowest BCUT2D eigenvalue weighted by Crippen LogP contribution is -2.34. The molecule has 3 heterocycles. The molecule has 9 heteroatoms. The maximum absolute atomic E-state index is 11.3. The number of aryl methyl sites for hydroxylation is 1. The molecule has 2 saturated heterocycles. The minimum atomic E-state index is -0.244. The van der Waals surface area contributed by atoms with Crippen LogP contribution in [0.2, 0.25) is 0 Å². The third-order valence-electron chi connectivity index (χ3n) is 5.90. The van der Waals surface area contributed by atoms with Crippen molar-refractivity contribution in [1.29, 1.82) is 0 Å². The number of primary amides is 1. The molecule has 0 bridgehead atoms. The van der Waals surface area contributed by atoms with Crippen LogP contribution in [0.15, 0.2) is 6.07 Å². The normalized spacial score (nSPS) is 24.5. The molecule has 3 aliphatic rings. The number of hydrogen-bond donors (Lipinski definition) is 2. The molecule has 1 aromatic heterocycles. The van der Waals surface area contributed by atoms with Crippen LogP contribution in [0.4, 0.5) is 11.8 Å². The fraction of sp³-hybridized carbons (Fsp3) is 0.737. The molecule has 0 unspecified atom stereocenters. The SMILES string of the molecule is CCc1cc(N[C@H]2CN(CC(N)=O)C[C@@H]2C2CC2)nc(N2CCCC2)n1.Cl.Cl. The second-order valence-electron chi connectivity index (χ2n) is 8.00. The zero-order valence-electron chi connectivity index (χ0n) is 16.5. The Bertz CT molecular complexity index is 666. The molecule has 7 nitrogen and oxygen atoms in total. The fourth-order valence-corrected chi connectivity index (χ4v) is 4.40. The predicted molar refractivity (Wildman–Crippen MR) is 117 cm³/mol. The number of halogens is 2. The number of nitrogens with two attached hydrogens (primary N) is 1. The quantitative estimate of drug-likeness (QED) is 0.688. The molecule has 3 fully saturated rings. The van der Waals surface area contributed by atoms with Crippen LogP contribution in [0.5, 0.6) is 0 Å². The molecule has 1 aliphatic carbocycles. The van der Waals surface area contributed by atoms with Gasteiger partial charge in [0.15, 0.2) is 0 Å².